The van der Waals surface area contributed by atoms with E-state index in [1.165, 1.54) is 6.42 Å². The molecule has 1 aliphatic rings. The lowest BCUT2D eigenvalue weighted by Crippen LogP contribution is -2.45. The van der Waals surface area contributed by atoms with Crippen molar-refractivity contribution in [2.24, 2.45) is 5.92 Å². The number of hydrogen-bond donors (Lipinski definition) is 1. The summed E-state index contributed by atoms with van der Waals surface area (Å²) in [5.41, 5.74) is 2.47. The molecule has 21 heavy (non-hydrogen) atoms. The zero-order valence-corrected chi connectivity index (χ0v) is 13.0. The van der Waals surface area contributed by atoms with Gasteiger partial charge in [0.25, 0.3) is 5.91 Å². The Bertz CT molecular complexity index is 583. The summed E-state index contributed by atoms with van der Waals surface area (Å²) < 4.78 is 0. The van der Waals surface area contributed by atoms with E-state index in [-0.39, 0.29) is 12.5 Å². The fraction of sp³-hybridized carbons (Fsp3) is 0.500. The molecule has 1 heterocycles. The van der Waals surface area contributed by atoms with Crippen LogP contribution in [0, 0.1) is 24.7 Å². The zero-order valence-electron chi connectivity index (χ0n) is 13.0. The molecule has 0 spiro atoms. The van der Waals surface area contributed by atoms with Gasteiger partial charge in [0, 0.05) is 23.7 Å². The number of carbonyl (C=O) groups excluding carboxylic acids is 1. The van der Waals surface area contributed by atoms with E-state index in [9.17, 15) is 4.79 Å². The highest BCUT2D eigenvalue weighted by Crippen LogP contribution is 2.24. The van der Waals surface area contributed by atoms with Crippen molar-refractivity contribution in [3.63, 3.8) is 0 Å². The van der Waals surface area contributed by atoms with Crippen LogP contribution in [-0.2, 0) is 0 Å². The highest BCUT2D eigenvalue weighted by molar-refractivity contribution is 5.96. The third-order valence-electron chi connectivity index (χ3n) is 4.16. The van der Waals surface area contributed by atoms with Crippen molar-refractivity contribution >= 4 is 5.91 Å². The van der Waals surface area contributed by atoms with Crippen LogP contribution in [0.4, 0.5) is 0 Å². The van der Waals surface area contributed by atoms with Crippen LogP contribution in [0.15, 0.2) is 18.2 Å². The Hall–Kier alpha value is -1.79. The molecule has 2 rings (SSSR count). The molecule has 0 bridgehead atoms. The molecular weight excluding hydrogens is 262 g/mol. The molecular formula is C18H23NO2. The lowest BCUT2D eigenvalue weighted by molar-refractivity contribution is 0.0573. The van der Waals surface area contributed by atoms with Crippen molar-refractivity contribution in [1.82, 2.24) is 4.90 Å². The van der Waals surface area contributed by atoms with Crippen molar-refractivity contribution in [2.75, 3.05) is 13.2 Å². The van der Waals surface area contributed by atoms with Crippen molar-refractivity contribution in [3.05, 3.63) is 34.9 Å². The predicted octanol–water partition coefficient (Wildman–Crippen LogP) is 2.60. The Labute approximate surface area is 127 Å². The Kier molecular flexibility index (Phi) is 5.03. The van der Waals surface area contributed by atoms with Crippen molar-refractivity contribution < 1.29 is 9.90 Å². The number of rotatable bonds is 1. The normalized spacial score (nSPS) is 21.6. The third kappa shape index (κ3) is 3.65. The minimum atomic E-state index is -0.169. The molecule has 1 aliphatic heterocycles. The highest BCUT2D eigenvalue weighted by atomic mass is 16.2. The van der Waals surface area contributed by atoms with E-state index in [1.54, 1.807) is 0 Å². The van der Waals surface area contributed by atoms with Gasteiger partial charge in [-0.1, -0.05) is 24.8 Å². The highest BCUT2D eigenvalue weighted by Gasteiger charge is 2.28. The molecule has 1 saturated heterocycles. The summed E-state index contributed by atoms with van der Waals surface area (Å²) in [6.07, 6.45) is 2.25. The van der Waals surface area contributed by atoms with Gasteiger partial charge in [-0.25, -0.2) is 0 Å². The fourth-order valence-corrected chi connectivity index (χ4v) is 2.80. The van der Waals surface area contributed by atoms with Crippen LogP contribution in [0.5, 0.6) is 0 Å². The second-order valence-electron chi connectivity index (χ2n) is 5.98. The van der Waals surface area contributed by atoms with Crippen molar-refractivity contribution in [3.8, 4) is 11.8 Å². The van der Waals surface area contributed by atoms with Gasteiger partial charge in [-0.2, -0.15) is 0 Å². The molecule has 1 amide bonds. The van der Waals surface area contributed by atoms with Crippen molar-refractivity contribution in [1.29, 1.82) is 0 Å². The number of aliphatic hydroxyl groups is 1. The first kappa shape index (κ1) is 15.6. The zero-order chi connectivity index (χ0) is 15.4. The quantitative estimate of drug-likeness (QED) is 0.806. The van der Waals surface area contributed by atoms with E-state index in [2.05, 4.69) is 25.7 Å². The smallest absolute Gasteiger partial charge is 0.254 e. The lowest BCUT2D eigenvalue weighted by atomic mass is 9.93. The van der Waals surface area contributed by atoms with Crippen LogP contribution in [0.1, 0.15) is 48.2 Å². The Morgan fingerprint density at radius 3 is 2.86 bits per heavy atom. The van der Waals surface area contributed by atoms with Crippen LogP contribution in [0.3, 0.4) is 0 Å². The number of piperidine rings is 1. The topological polar surface area (TPSA) is 40.5 Å². The van der Waals surface area contributed by atoms with Gasteiger partial charge in [0.1, 0.15) is 6.61 Å². The summed E-state index contributed by atoms with van der Waals surface area (Å²) in [5, 5.41) is 8.78. The van der Waals surface area contributed by atoms with E-state index in [0.717, 1.165) is 29.7 Å². The molecule has 0 radical (unpaired) electrons. The largest absolute Gasteiger partial charge is 0.384 e. The van der Waals surface area contributed by atoms with Gasteiger partial charge in [0.2, 0.25) is 0 Å². The number of likely N-dealkylation sites (tertiary alicyclic amines) is 1. The molecule has 3 nitrogen and oxygen atoms in total. The first-order valence-corrected chi connectivity index (χ1v) is 7.54. The summed E-state index contributed by atoms with van der Waals surface area (Å²) in [5.74, 6) is 6.15. The molecule has 1 N–H and O–H groups in total. The number of carbonyl (C=O) groups is 1. The van der Waals surface area contributed by atoms with Crippen molar-refractivity contribution in [2.45, 2.75) is 39.7 Å². The summed E-state index contributed by atoms with van der Waals surface area (Å²) in [6, 6.07) is 5.94. The number of nitrogens with zero attached hydrogens (tertiary/aromatic N) is 1. The van der Waals surface area contributed by atoms with Gasteiger partial charge >= 0.3 is 0 Å². The number of amides is 1. The monoisotopic (exact) mass is 285 g/mol. The predicted molar refractivity (Wildman–Crippen MR) is 84.0 cm³/mol. The average molecular weight is 285 g/mol. The van der Waals surface area contributed by atoms with E-state index in [4.69, 9.17) is 5.11 Å². The van der Waals surface area contributed by atoms with E-state index in [0.29, 0.717) is 12.0 Å². The maximum atomic E-state index is 12.8. The molecule has 2 atom stereocenters. The molecule has 3 heteroatoms. The minimum Gasteiger partial charge on any atom is -0.384 e. The van der Waals surface area contributed by atoms with E-state index >= 15 is 0 Å². The fourth-order valence-electron chi connectivity index (χ4n) is 2.80. The Morgan fingerprint density at radius 1 is 1.38 bits per heavy atom. The Balaban J connectivity index is 2.29. The van der Waals surface area contributed by atoms with Crippen LogP contribution < -0.4 is 0 Å². The summed E-state index contributed by atoms with van der Waals surface area (Å²) in [4.78, 5) is 14.8. The minimum absolute atomic E-state index is 0.0965. The number of aryl methyl sites for hydroxylation is 1. The molecule has 0 saturated carbocycles. The number of hydrogen-bond acceptors (Lipinski definition) is 2. The number of aliphatic hydroxyl groups excluding tert-OH is 1. The lowest BCUT2D eigenvalue weighted by Gasteiger charge is -2.37. The maximum absolute atomic E-state index is 12.8. The van der Waals surface area contributed by atoms with Gasteiger partial charge in [-0.15, -0.1) is 0 Å². The van der Waals surface area contributed by atoms with Crippen LogP contribution in [0.2, 0.25) is 0 Å². The molecule has 1 aromatic rings. The van der Waals surface area contributed by atoms with Gasteiger partial charge in [-0.05, 0) is 50.3 Å². The standard InChI is InChI=1S/C18H23NO2/c1-13-6-8-15(3)19(12-13)18(21)17-11-16(5-4-10-20)9-7-14(17)2/h7,9,11,13,15,20H,6,8,10,12H2,1-3H3. The van der Waals surface area contributed by atoms with E-state index < -0.39 is 0 Å². The SMILES string of the molecule is Cc1ccc(C#CCO)cc1C(=O)N1CC(C)CCC1C. The molecule has 2 unspecified atom stereocenters. The summed E-state index contributed by atoms with van der Waals surface area (Å²) in [6.45, 7) is 6.93. The van der Waals surface area contributed by atoms with Crippen LogP contribution in [0.25, 0.3) is 0 Å². The van der Waals surface area contributed by atoms with E-state index in [1.807, 2.05) is 30.0 Å². The second kappa shape index (κ2) is 6.78. The van der Waals surface area contributed by atoms with Gasteiger partial charge in [0.15, 0.2) is 0 Å². The maximum Gasteiger partial charge on any atom is 0.254 e. The van der Waals surface area contributed by atoms with Gasteiger partial charge in [0.05, 0.1) is 0 Å². The average Bonchev–Trinajstić information content (AvgIpc) is 2.48. The molecule has 0 aliphatic carbocycles. The third-order valence-corrected chi connectivity index (χ3v) is 4.16. The summed E-state index contributed by atoms with van der Waals surface area (Å²) in [7, 11) is 0. The summed E-state index contributed by atoms with van der Waals surface area (Å²) >= 11 is 0. The van der Waals surface area contributed by atoms with Crippen LogP contribution >= 0.6 is 0 Å². The molecule has 1 fully saturated rings. The molecule has 112 valence electrons. The number of benzene rings is 1. The first-order valence-electron chi connectivity index (χ1n) is 7.54. The van der Waals surface area contributed by atoms with Gasteiger partial charge in [-0.3, -0.25) is 4.79 Å². The van der Waals surface area contributed by atoms with Gasteiger partial charge < -0.3 is 10.0 Å². The first-order chi connectivity index (χ1) is 10.0. The second-order valence-corrected chi connectivity index (χ2v) is 5.98. The van der Waals surface area contributed by atoms with Crippen LogP contribution in [-0.4, -0.2) is 35.1 Å². The Morgan fingerprint density at radius 2 is 2.14 bits per heavy atom. The molecule has 1 aromatic carbocycles. The molecule has 0 aromatic heterocycles.